The fraction of sp³-hybridized carbons (Fsp3) is 0.396. The molecule has 14 heteroatoms. The first-order chi connectivity index (χ1) is 29.8. The Morgan fingerprint density at radius 3 is 1.32 bits per heavy atom. The number of hydrogen-bond donors (Lipinski definition) is 1. The zero-order valence-electron chi connectivity index (χ0n) is 36.0. The SMILES string of the molecule is COc1ccc(CN(C(=O)C(CCCl)C(C)=O)[C@@H](COCc2ccccc2)C(=O)O)cc1.COc1ccc(CN(C(=O)C(CCCl)C(C)=O)[C@H](C)COCc2ccccc2)cc1. The summed E-state index contributed by atoms with van der Waals surface area (Å²) in [6, 6.07) is 32.2. The topological polar surface area (TPSA) is 149 Å². The molecule has 62 heavy (non-hydrogen) atoms. The molecule has 334 valence electrons. The minimum absolute atomic E-state index is 0.000553. The number of nitrogens with zero attached hydrogens (tertiary/aromatic N) is 2. The number of ether oxygens (including phenoxy) is 4. The van der Waals surface area contributed by atoms with E-state index in [-0.39, 0.29) is 61.5 Å². The van der Waals surface area contributed by atoms with Crippen molar-refractivity contribution in [2.24, 2.45) is 11.8 Å². The Hall–Kier alpha value is -5.27. The second-order valence-corrected chi connectivity index (χ2v) is 15.4. The number of carbonyl (C=O) groups is 5. The summed E-state index contributed by atoms with van der Waals surface area (Å²) in [5, 5.41) is 9.90. The highest BCUT2D eigenvalue weighted by Crippen LogP contribution is 2.22. The van der Waals surface area contributed by atoms with E-state index < -0.39 is 29.8 Å². The van der Waals surface area contributed by atoms with Crippen molar-refractivity contribution in [3.63, 3.8) is 0 Å². The molecule has 4 atom stereocenters. The lowest BCUT2D eigenvalue weighted by atomic mass is 9.98. The second kappa shape index (κ2) is 27.6. The van der Waals surface area contributed by atoms with Gasteiger partial charge in [0.1, 0.15) is 23.1 Å². The van der Waals surface area contributed by atoms with Gasteiger partial charge in [0.2, 0.25) is 11.8 Å². The fourth-order valence-corrected chi connectivity index (χ4v) is 6.87. The summed E-state index contributed by atoms with van der Waals surface area (Å²) in [6.07, 6.45) is 0.457. The molecule has 0 aliphatic heterocycles. The van der Waals surface area contributed by atoms with Crippen LogP contribution in [0.2, 0.25) is 0 Å². The third-order valence-corrected chi connectivity index (χ3v) is 10.5. The summed E-state index contributed by atoms with van der Waals surface area (Å²) in [5.41, 5.74) is 3.60. The van der Waals surface area contributed by atoms with Crippen LogP contribution in [0.5, 0.6) is 11.5 Å². The summed E-state index contributed by atoms with van der Waals surface area (Å²) >= 11 is 11.7. The smallest absolute Gasteiger partial charge is 0.328 e. The van der Waals surface area contributed by atoms with Gasteiger partial charge in [-0.05, 0) is 80.1 Å². The van der Waals surface area contributed by atoms with E-state index >= 15 is 0 Å². The Morgan fingerprint density at radius 1 is 0.565 bits per heavy atom. The number of halogens is 2. The number of aliphatic carboxylic acids is 1. The molecular formula is C48H58Cl2N2O10. The summed E-state index contributed by atoms with van der Waals surface area (Å²) in [6.45, 7) is 5.87. The van der Waals surface area contributed by atoms with E-state index in [1.807, 2.05) is 91.9 Å². The largest absolute Gasteiger partial charge is 0.497 e. The van der Waals surface area contributed by atoms with Gasteiger partial charge in [-0.2, -0.15) is 0 Å². The first-order valence-electron chi connectivity index (χ1n) is 20.3. The number of rotatable bonds is 25. The molecule has 1 N–H and O–H groups in total. The van der Waals surface area contributed by atoms with Gasteiger partial charge in [-0.25, -0.2) is 4.79 Å². The molecule has 0 heterocycles. The Labute approximate surface area is 375 Å². The maximum atomic E-state index is 13.3. The van der Waals surface area contributed by atoms with Gasteiger partial charge in [0, 0.05) is 24.8 Å². The molecule has 4 rings (SSSR count). The highest BCUT2D eigenvalue weighted by Gasteiger charge is 2.36. The van der Waals surface area contributed by atoms with Crippen molar-refractivity contribution < 1.29 is 48.0 Å². The van der Waals surface area contributed by atoms with Crippen LogP contribution in [0.1, 0.15) is 55.9 Å². The second-order valence-electron chi connectivity index (χ2n) is 14.6. The van der Waals surface area contributed by atoms with Gasteiger partial charge in [-0.1, -0.05) is 84.9 Å². The summed E-state index contributed by atoms with van der Waals surface area (Å²) in [4.78, 5) is 65.7. The van der Waals surface area contributed by atoms with Crippen LogP contribution in [0, 0.1) is 11.8 Å². The van der Waals surface area contributed by atoms with Gasteiger partial charge >= 0.3 is 5.97 Å². The van der Waals surface area contributed by atoms with E-state index in [1.165, 1.54) is 18.7 Å². The predicted molar refractivity (Wildman–Crippen MR) is 239 cm³/mol. The lowest BCUT2D eigenvalue weighted by molar-refractivity contribution is -0.157. The lowest BCUT2D eigenvalue weighted by Gasteiger charge is -2.32. The molecule has 0 aliphatic carbocycles. The van der Waals surface area contributed by atoms with Crippen LogP contribution in [0.15, 0.2) is 109 Å². The van der Waals surface area contributed by atoms with Crippen LogP contribution in [0.4, 0.5) is 0 Å². The van der Waals surface area contributed by atoms with E-state index in [2.05, 4.69) is 0 Å². The molecule has 4 aromatic rings. The number of alkyl halides is 2. The van der Waals surface area contributed by atoms with Crippen molar-refractivity contribution >= 4 is 52.6 Å². The zero-order valence-corrected chi connectivity index (χ0v) is 37.6. The third-order valence-electron chi connectivity index (χ3n) is 10.0. The molecule has 0 spiro atoms. The lowest BCUT2D eigenvalue weighted by Crippen LogP contribution is -2.50. The molecule has 2 unspecified atom stereocenters. The number of Topliss-reactive ketones (excluding diaryl/α,β-unsaturated/α-hetero) is 2. The number of hydrogen-bond acceptors (Lipinski definition) is 9. The predicted octanol–water partition coefficient (Wildman–Crippen LogP) is 7.99. The zero-order chi connectivity index (χ0) is 45.4. The summed E-state index contributed by atoms with van der Waals surface area (Å²) in [7, 11) is 3.15. The first kappa shape index (κ1) is 51.1. The van der Waals surface area contributed by atoms with E-state index in [1.54, 1.807) is 43.4 Å². The van der Waals surface area contributed by atoms with Gasteiger partial charge < -0.3 is 33.9 Å². The number of benzene rings is 4. The number of methoxy groups -OCH3 is 2. The molecule has 4 aromatic carbocycles. The Morgan fingerprint density at radius 2 is 0.952 bits per heavy atom. The average Bonchev–Trinajstić information content (AvgIpc) is 3.28. The molecule has 12 nitrogen and oxygen atoms in total. The maximum Gasteiger partial charge on any atom is 0.328 e. The quantitative estimate of drug-likeness (QED) is 0.0513. The molecule has 0 saturated heterocycles. The van der Waals surface area contributed by atoms with Gasteiger partial charge in [0.05, 0.1) is 58.5 Å². The standard InChI is InChI=1S/C24H28ClNO6.C24H30ClNO4/c1-17(27)21(12-13-25)23(28)26(14-18-8-10-20(31-2)11-9-18)22(24(29)30)16-32-15-19-6-4-3-5-7-19;1-18(16-30-17-21-7-5-4-6-8-21)26(24(28)23(13-14-25)19(2)27)15-20-9-11-22(29-3)12-10-20/h3-11,21-22H,12-16H2,1-2H3,(H,29,30);4-12,18,23H,13-17H2,1-3H3/t21?,22-;18-,23?/m01/s1. The van der Waals surface area contributed by atoms with Crippen molar-refractivity contribution in [3.05, 3.63) is 131 Å². The molecule has 2 amide bonds. The molecule has 0 bridgehead atoms. The molecule has 0 aromatic heterocycles. The number of ketones is 2. The van der Waals surface area contributed by atoms with E-state index in [0.29, 0.717) is 37.5 Å². The number of amides is 2. The van der Waals surface area contributed by atoms with Crippen LogP contribution in [-0.2, 0) is 59.7 Å². The average molecular weight is 894 g/mol. The Balaban J connectivity index is 0.000000331. The summed E-state index contributed by atoms with van der Waals surface area (Å²) in [5.74, 6) is -2.54. The van der Waals surface area contributed by atoms with Crippen molar-refractivity contribution in [1.82, 2.24) is 9.80 Å². The minimum Gasteiger partial charge on any atom is -0.497 e. The fourth-order valence-electron chi connectivity index (χ4n) is 6.44. The molecular weight excluding hydrogens is 835 g/mol. The highest BCUT2D eigenvalue weighted by molar-refractivity contribution is 6.18. The van der Waals surface area contributed by atoms with Crippen LogP contribution in [0.25, 0.3) is 0 Å². The molecule has 0 saturated carbocycles. The normalized spacial score (nSPS) is 12.7. The Kier molecular flexibility index (Phi) is 22.8. The minimum atomic E-state index is -1.27. The van der Waals surface area contributed by atoms with Gasteiger partial charge in [0.15, 0.2) is 6.04 Å². The van der Waals surface area contributed by atoms with Gasteiger partial charge in [-0.3, -0.25) is 19.2 Å². The van der Waals surface area contributed by atoms with E-state index in [9.17, 15) is 29.1 Å². The number of carboxylic acids is 1. The molecule has 0 fully saturated rings. The molecule has 0 aliphatic rings. The van der Waals surface area contributed by atoms with Gasteiger partial charge in [0.25, 0.3) is 0 Å². The highest BCUT2D eigenvalue weighted by atomic mass is 35.5. The molecule has 0 radical (unpaired) electrons. The number of carboxylic acid groups (broad SMARTS) is 1. The Bertz CT molecular complexity index is 1970. The van der Waals surface area contributed by atoms with E-state index in [0.717, 1.165) is 22.4 Å². The van der Waals surface area contributed by atoms with Crippen LogP contribution >= 0.6 is 23.2 Å². The third kappa shape index (κ3) is 16.9. The number of carbonyl (C=O) groups excluding carboxylic acids is 4. The monoisotopic (exact) mass is 892 g/mol. The van der Waals surface area contributed by atoms with Crippen LogP contribution in [-0.4, -0.2) is 95.5 Å². The summed E-state index contributed by atoms with van der Waals surface area (Å²) < 4.78 is 21.9. The van der Waals surface area contributed by atoms with E-state index in [4.69, 9.17) is 42.1 Å². The van der Waals surface area contributed by atoms with Crippen LogP contribution in [0.3, 0.4) is 0 Å². The van der Waals surface area contributed by atoms with Gasteiger partial charge in [-0.15, -0.1) is 23.2 Å². The van der Waals surface area contributed by atoms with Crippen LogP contribution < -0.4 is 9.47 Å². The van der Waals surface area contributed by atoms with Crippen molar-refractivity contribution in [2.75, 3.05) is 39.2 Å². The first-order valence-corrected chi connectivity index (χ1v) is 21.4. The van der Waals surface area contributed by atoms with Crippen molar-refractivity contribution in [2.45, 2.75) is 72.0 Å². The maximum absolute atomic E-state index is 13.3. The van der Waals surface area contributed by atoms with Crippen molar-refractivity contribution in [1.29, 1.82) is 0 Å². The van der Waals surface area contributed by atoms with Crippen molar-refractivity contribution in [3.8, 4) is 11.5 Å².